The van der Waals surface area contributed by atoms with Gasteiger partial charge in [-0.05, 0) is 82.2 Å². The molecule has 59 heavy (non-hydrogen) atoms. The maximum atomic E-state index is 7.20. The normalized spacial score (nSPS) is 11.4. The molecule has 0 saturated heterocycles. The van der Waals surface area contributed by atoms with Crippen molar-refractivity contribution in [2.24, 2.45) is 0 Å². The van der Waals surface area contributed by atoms with Crippen molar-refractivity contribution in [3.8, 4) is 22.6 Å². The molecule has 3 nitrogen and oxygen atoms in total. The van der Waals surface area contributed by atoms with Gasteiger partial charge in [-0.1, -0.05) is 170 Å². The average molecular weight is 755 g/mol. The highest BCUT2D eigenvalue weighted by Gasteiger charge is 2.26. The van der Waals surface area contributed by atoms with Gasteiger partial charge in [-0.3, -0.25) is 0 Å². The Morgan fingerprint density at radius 3 is 0.695 bits per heavy atom. The molecule has 1 heterocycles. The van der Waals surface area contributed by atoms with E-state index in [0.29, 0.717) is 0 Å². The Morgan fingerprint density at radius 1 is 0.220 bits per heavy atom. The largest absolute Gasteiger partial charge is 0.456 e. The molecular weight excluding hydrogens is 717 g/mol. The number of benzene rings is 10. The third kappa shape index (κ3) is 5.83. The first kappa shape index (κ1) is 34.4. The van der Waals surface area contributed by atoms with E-state index in [9.17, 15) is 0 Å². The molecule has 0 atom stereocenters. The first-order valence-electron chi connectivity index (χ1n) is 20.1. The van der Waals surface area contributed by atoms with Gasteiger partial charge in [0.2, 0.25) is 0 Å². The average Bonchev–Trinajstić information content (AvgIpc) is 3.79. The third-order valence-corrected chi connectivity index (χ3v) is 11.4. The lowest BCUT2D eigenvalue weighted by Crippen LogP contribution is -2.11. The summed E-state index contributed by atoms with van der Waals surface area (Å²) in [7, 11) is 0. The molecule has 0 radical (unpaired) electrons. The monoisotopic (exact) mass is 754 g/mol. The fourth-order valence-electron chi connectivity index (χ4n) is 8.95. The van der Waals surface area contributed by atoms with Gasteiger partial charge in [0, 0.05) is 55.4 Å². The lowest BCUT2D eigenvalue weighted by molar-refractivity contribution is 0.600. The van der Waals surface area contributed by atoms with E-state index in [1.807, 2.05) is 0 Å². The number of rotatable bonds is 8. The lowest BCUT2D eigenvalue weighted by atomic mass is 9.92. The summed E-state index contributed by atoms with van der Waals surface area (Å²) < 4.78 is 7.20. The van der Waals surface area contributed by atoms with Crippen LogP contribution in [0.3, 0.4) is 0 Å². The molecule has 10 aromatic carbocycles. The van der Waals surface area contributed by atoms with Crippen molar-refractivity contribution < 1.29 is 4.42 Å². The zero-order chi connectivity index (χ0) is 39.1. The lowest BCUT2D eigenvalue weighted by Gasteiger charge is -2.29. The van der Waals surface area contributed by atoms with Gasteiger partial charge in [0.1, 0.15) is 11.5 Å². The number of hydrogen-bond acceptors (Lipinski definition) is 3. The Balaban J connectivity index is 1.15. The molecule has 0 bridgehead atoms. The van der Waals surface area contributed by atoms with Crippen LogP contribution >= 0.6 is 0 Å². The summed E-state index contributed by atoms with van der Waals surface area (Å²) in [5.74, 6) is 1.66. The zero-order valence-electron chi connectivity index (χ0n) is 32.2. The Kier molecular flexibility index (Phi) is 8.49. The Bertz CT molecular complexity index is 2850. The highest BCUT2D eigenvalue weighted by molar-refractivity contribution is 6.24. The minimum atomic E-state index is 0.831. The quantitative estimate of drug-likeness (QED) is 0.144. The molecule has 1 aromatic heterocycles. The van der Waals surface area contributed by atoms with Crippen molar-refractivity contribution in [1.82, 2.24) is 0 Å². The summed E-state index contributed by atoms with van der Waals surface area (Å²) in [4.78, 5) is 4.77. The van der Waals surface area contributed by atoms with E-state index >= 15 is 0 Å². The minimum absolute atomic E-state index is 0.831. The third-order valence-electron chi connectivity index (χ3n) is 11.4. The second-order valence-electron chi connectivity index (χ2n) is 14.8. The van der Waals surface area contributed by atoms with Crippen LogP contribution in [0.2, 0.25) is 0 Å². The number of hydrogen-bond donors (Lipinski definition) is 0. The summed E-state index contributed by atoms with van der Waals surface area (Å²) in [6.07, 6.45) is 0. The van der Waals surface area contributed by atoms with E-state index in [2.05, 4.69) is 240 Å². The molecule has 0 spiro atoms. The fourth-order valence-corrected chi connectivity index (χ4v) is 8.95. The van der Waals surface area contributed by atoms with Gasteiger partial charge in [-0.25, -0.2) is 0 Å². The molecule has 0 saturated carbocycles. The van der Waals surface area contributed by atoms with Crippen molar-refractivity contribution >= 4 is 77.2 Å². The Labute approximate surface area is 343 Å². The van der Waals surface area contributed by atoms with Crippen LogP contribution in [0.4, 0.5) is 34.1 Å². The van der Waals surface area contributed by atoms with Crippen molar-refractivity contribution in [3.63, 3.8) is 0 Å². The van der Waals surface area contributed by atoms with Crippen LogP contribution in [0.15, 0.2) is 235 Å². The van der Waals surface area contributed by atoms with Gasteiger partial charge < -0.3 is 14.2 Å². The van der Waals surface area contributed by atoms with Crippen molar-refractivity contribution in [1.29, 1.82) is 0 Å². The summed E-state index contributed by atoms with van der Waals surface area (Å²) in [6.45, 7) is 0. The molecule has 0 amide bonds. The molecule has 0 aliphatic heterocycles. The highest BCUT2D eigenvalue weighted by Crippen LogP contribution is 2.51. The zero-order valence-corrected chi connectivity index (χ0v) is 32.2. The Hall–Kier alpha value is -7.88. The molecular formula is C56H38N2O. The van der Waals surface area contributed by atoms with Crippen molar-refractivity contribution in [2.45, 2.75) is 0 Å². The number of fused-ring (bicyclic) bond motifs is 4. The molecule has 0 N–H and O–H groups in total. The van der Waals surface area contributed by atoms with E-state index in [-0.39, 0.29) is 0 Å². The van der Waals surface area contributed by atoms with Crippen LogP contribution in [0.25, 0.3) is 65.7 Å². The number of para-hydroxylation sites is 4. The van der Waals surface area contributed by atoms with Crippen LogP contribution in [0.1, 0.15) is 0 Å². The molecule has 0 fully saturated rings. The Morgan fingerprint density at radius 2 is 0.441 bits per heavy atom. The van der Waals surface area contributed by atoms with Crippen LogP contribution in [0, 0.1) is 0 Å². The number of anilines is 6. The number of nitrogens with zero attached hydrogens (tertiary/aromatic N) is 2. The molecule has 11 rings (SSSR count). The van der Waals surface area contributed by atoms with Gasteiger partial charge in [0.15, 0.2) is 0 Å². The smallest absolute Gasteiger partial charge is 0.136 e. The SMILES string of the molecule is c1ccc(N(c2ccccc2)c2c3ccccc3c(-c3ccc(-c4c5ccccc5c(N(c5ccccc5)c5ccccc5)c5ccccc45)o3)c3ccccc23)cc1. The van der Waals surface area contributed by atoms with E-state index in [1.165, 1.54) is 0 Å². The molecule has 0 unspecified atom stereocenters. The van der Waals surface area contributed by atoms with Gasteiger partial charge in [-0.2, -0.15) is 0 Å². The van der Waals surface area contributed by atoms with E-state index in [0.717, 1.165) is 99.9 Å². The van der Waals surface area contributed by atoms with Crippen molar-refractivity contribution in [2.75, 3.05) is 9.80 Å². The summed E-state index contributed by atoms with van der Waals surface area (Å²) in [5.41, 5.74) is 8.83. The molecule has 0 aliphatic carbocycles. The van der Waals surface area contributed by atoms with E-state index in [1.54, 1.807) is 0 Å². The predicted octanol–water partition coefficient (Wildman–Crippen LogP) is 16.2. The highest BCUT2D eigenvalue weighted by atomic mass is 16.3. The summed E-state index contributed by atoms with van der Waals surface area (Å²) in [6, 6.07) is 81.9. The van der Waals surface area contributed by atoms with E-state index in [4.69, 9.17) is 4.42 Å². The van der Waals surface area contributed by atoms with Gasteiger partial charge >= 0.3 is 0 Å². The van der Waals surface area contributed by atoms with Crippen LogP contribution in [-0.4, -0.2) is 0 Å². The topological polar surface area (TPSA) is 19.6 Å². The first-order valence-corrected chi connectivity index (χ1v) is 20.1. The van der Waals surface area contributed by atoms with Crippen LogP contribution in [0.5, 0.6) is 0 Å². The van der Waals surface area contributed by atoms with Crippen LogP contribution < -0.4 is 9.80 Å². The second-order valence-corrected chi connectivity index (χ2v) is 14.8. The van der Waals surface area contributed by atoms with Crippen molar-refractivity contribution in [3.05, 3.63) is 231 Å². The molecule has 3 heteroatoms. The van der Waals surface area contributed by atoms with Crippen LogP contribution in [-0.2, 0) is 0 Å². The fraction of sp³-hybridized carbons (Fsp3) is 0. The molecule has 278 valence electrons. The molecule has 11 aromatic rings. The number of furan rings is 1. The summed E-state index contributed by atoms with van der Waals surface area (Å²) >= 11 is 0. The summed E-state index contributed by atoms with van der Waals surface area (Å²) in [5, 5.41) is 9.11. The van der Waals surface area contributed by atoms with Gasteiger partial charge in [0.05, 0.1) is 11.4 Å². The predicted molar refractivity (Wildman–Crippen MR) is 249 cm³/mol. The maximum absolute atomic E-state index is 7.20. The minimum Gasteiger partial charge on any atom is -0.456 e. The maximum Gasteiger partial charge on any atom is 0.136 e. The van der Waals surface area contributed by atoms with E-state index < -0.39 is 0 Å². The van der Waals surface area contributed by atoms with Gasteiger partial charge in [-0.15, -0.1) is 0 Å². The standard InChI is InChI=1S/C56H38N2O/c1-5-21-39(22-6-1)57(40-23-7-2-8-24-40)55-47-33-17-13-29-43(47)53(44-30-14-18-34-48(44)55)51-37-38-52(59-51)54-45-31-15-19-35-49(45)56(50-36-20-16-32-46(50)54)58(41-25-9-3-10-26-41)42-27-11-4-12-28-42/h1-38H. The molecule has 0 aliphatic rings. The second kappa shape index (κ2) is 14.6. The first-order chi connectivity index (χ1) is 29.3. The van der Waals surface area contributed by atoms with Gasteiger partial charge in [0.25, 0.3) is 0 Å².